The molecular weight excluding hydrogens is 288 g/mol. The average molecular weight is 308 g/mol. The van der Waals surface area contributed by atoms with Gasteiger partial charge in [0.2, 0.25) is 5.88 Å². The van der Waals surface area contributed by atoms with Crippen molar-refractivity contribution >= 4 is 17.7 Å². The number of carbonyl (C=O) groups is 2. The van der Waals surface area contributed by atoms with Crippen LogP contribution in [0.1, 0.15) is 13.3 Å². The average Bonchev–Trinajstić information content (AvgIpc) is 2.95. The lowest BCUT2D eigenvalue weighted by molar-refractivity contribution is -0.159. The van der Waals surface area contributed by atoms with Crippen molar-refractivity contribution in [3.8, 4) is 5.88 Å². The van der Waals surface area contributed by atoms with E-state index in [2.05, 4.69) is 10.2 Å². The quantitative estimate of drug-likeness (QED) is 0.575. The smallest absolute Gasteiger partial charge is 0.397 e. The van der Waals surface area contributed by atoms with E-state index in [1.54, 1.807) is 19.1 Å². The maximum Gasteiger partial charge on any atom is 0.397 e. The highest BCUT2D eigenvalue weighted by molar-refractivity contribution is 6.32. The minimum Gasteiger partial charge on any atom is -0.471 e. The number of esters is 1. The van der Waals surface area contributed by atoms with Crippen LogP contribution in [-0.2, 0) is 14.3 Å². The summed E-state index contributed by atoms with van der Waals surface area (Å²) in [7, 11) is 3.75. The van der Waals surface area contributed by atoms with Crippen LogP contribution in [0.5, 0.6) is 5.88 Å². The van der Waals surface area contributed by atoms with Gasteiger partial charge in [0.25, 0.3) is 0 Å². The number of anilines is 1. The van der Waals surface area contributed by atoms with Gasteiger partial charge in [-0.15, -0.1) is 10.2 Å². The van der Waals surface area contributed by atoms with E-state index in [-0.39, 0.29) is 12.7 Å². The van der Waals surface area contributed by atoms with Crippen LogP contribution < -0.4 is 9.64 Å². The normalized spacial score (nSPS) is 17.2. The summed E-state index contributed by atoms with van der Waals surface area (Å²) in [6, 6.07) is 3.54. The van der Waals surface area contributed by atoms with Crippen LogP contribution in [-0.4, -0.2) is 66.9 Å². The molecular formula is C14H20N4O4. The van der Waals surface area contributed by atoms with Crippen LogP contribution in [0.3, 0.4) is 0 Å². The van der Waals surface area contributed by atoms with Gasteiger partial charge < -0.3 is 19.3 Å². The van der Waals surface area contributed by atoms with Gasteiger partial charge in [-0.05, 0) is 13.0 Å². The summed E-state index contributed by atoms with van der Waals surface area (Å²) in [6.07, 6.45) is 0.445. The standard InChI is InChI=1S/C14H20N4O4/c1-4-21-14(20)13(19)18-8-7-10(9-18)22-12-6-5-11(15-16-12)17(2)3/h5-6,10H,4,7-9H2,1-3H3. The van der Waals surface area contributed by atoms with Crippen LogP contribution in [0.15, 0.2) is 12.1 Å². The summed E-state index contributed by atoms with van der Waals surface area (Å²) in [5, 5.41) is 8.01. The fourth-order valence-electron chi connectivity index (χ4n) is 2.12. The molecule has 1 aromatic heterocycles. The van der Waals surface area contributed by atoms with Crippen molar-refractivity contribution in [2.24, 2.45) is 0 Å². The Morgan fingerprint density at radius 1 is 1.36 bits per heavy atom. The molecule has 0 N–H and O–H groups in total. The van der Waals surface area contributed by atoms with Gasteiger partial charge in [-0.1, -0.05) is 0 Å². The molecule has 1 saturated heterocycles. The molecule has 2 heterocycles. The van der Waals surface area contributed by atoms with Crippen LogP contribution >= 0.6 is 0 Å². The van der Waals surface area contributed by atoms with E-state index in [4.69, 9.17) is 9.47 Å². The van der Waals surface area contributed by atoms with Gasteiger partial charge in [-0.25, -0.2) is 4.79 Å². The number of carbonyl (C=O) groups excluding carboxylic acids is 2. The summed E-state index contributed by atoms with van der Waals surface area (Å²) in [5.74, 6) is -0.306. The molecule has 1 aliphatic heterocycles. The molecule has 2 rings (SSSR count). The van der Waals surface area contributed by atoms with Crippen molar-refractivity contribution in [1.82, 2.24) is 15.1 Å². The molecule has 1 aliphatic rings. The van der Waals surface area contributed by atoms with Crippen LogP contribution in [0.4, 0.5) is 5.82 Å². The molecule has 1 fully saturated rings. The predicted octanol–water partition coefficient (Wildman–Crippen LogP) is 0.0854. The minimum atomic E-state index is -0.821. The first-order valence-corrected chi connectivity index (χ1v) is 7.15. The Labute approximate surface area is 129 Å². The first kappa shape index (κ1) is 16.0. The molecule has 0 spiro atoms. The van der Waals surface area contributed by atoms with Crippen molar-refractivity contribution in [3.05, 3.63) is 12.1 Å². The third-order valence-electron chi connectivity index (χ3n) is 3.25. The predicted molar refractivity (Wildman–Crippen MR) is 78.6 cm³/mol. The van der Waals surface area contributed by atoms with Gasteiger partial charge in [-0.2, -0.15) is 0 Å². The Morgan fingerprint density at radius 3 is 2.73 bits per heavy atom. The molecule has 120 valence electrons. The number of likely N-dealkylation sites (tertiary alicyclic amines) is 1. The van der Waals surface area contributed by atoms with E-state index >= 15 is 0 Å². The molecule has 22 heavy (non-hydrogen) atoms. The summed E-state index contributed by atoms with van der Waals surface area (Å²) < 4.78 is 10.4. The highest BCUT2D eigenvalue weighted by Crippen LogP contribution is 2.17. The highest BCUT2D eigenvalue weighted by atomic mass is 16.5. The molecule has 1 unspecified atom stereocenters. The van der Waals surface area contributed by atoms with Gasteiger partial charge in [0.1, 0.15) is 6.10 Å². The van der Waals surface area contributed by atoms with Crippen LogP contribution in [0, 0.1) is 0 Å². The number of ether oxygens (including phenoxy) is 2. The monoisotopic (exact) mass is 308 g/mol. The Hall–Kier alpha value is -2.38. The largest absolute Gasteiger partial charge is 0.471 e. The molecule has 8 nitrogen and oxygen atoms in total. The molecule has 0 saturated carbocycles. The SMILES string of the molecule is CCOC(=O)C(=O)N1CCC(Oc2ccc(N(C)C)nn2)C1. The summed E-state index contributed by atoms with van der Waals surface area (Å²) in [4.78, 5) is 26.5. The Morgan fingerprint density at radius 2 is 2.14 bits per heavy atom. The second-order valence-corrected chi connectivity index (χ2v) is 5.12. The number of nitrogens with zero attached hydrogens (tertiary/aromatic N) is 4. The van der Waals surface area contributed by atoms with Gasteiger partial charge in [0.15, 0.2) is 5.82 Å². The first-order valence-electron chi connectivity index (χ1n) is 7.15. The van der Waals surface area contributed by atoms with Crippen LogP contribution in [0.2, 0.25) is 0 Å². The van der Waals surface area contributed by atoms with Crippen molar-refractivity contribution in [3.63, 3.8) is 0 Å². The number of hydrogen-bond donors (Lipinski definition) is 0. The molecule has 1 aromatic rings. The zero-order chi connectivity index (χ0) is 16.1. The number of hydrogen-bond acceptors (Lipinski definition) is 7. The van der Waals surface area contributed by atoms with E-state index < -0.39 is 11.9 Å². The van der Waals surface area contributed by atoms with Crippen molar-refractivity contribution < 1.29 is 19.1 Å². The lowest BCUT2D eigenvalue weighted by Gasteiger charge is -2.16. The maximum absolute atomic E-state index is 11.8. The lowest BCUT2D eigenvalue weighted by Crippen LogP contribution is -2.37. The Balaban J connectivity index is 1.88. The second kappa shape index (κ2) is 7.06. The van der Waals surface area contributed by atoms with E-state index in [1.165, 1.54) is 4.90 Å². The summed E-state index contributed by atoms with van der Waals surface area (Å²) in [6.45, 7) is 2.66. The van der Waals surface area contributed by atoms with E-state index in [0.717, 1.165) is 5.82 Å². The molecule has 0 aliphatic carbocycles. The van der Waals surface area contributed by atoms with Crippen molar-refractivity contribution in [1.29, 1.82) is 0 Å². The molecule has 0 aromatic carbocycles. The topological polar surface area (TPSA) is 84.9 Å². The third kappa shape index (κ3) is 3.84. The van der Waals surface area contributed by atoms with Crippen LogP contribution in [0.25, 0.3) is 0 Å². The number of rotatable bonds is 4. The van der Waals surface area contributed by atoms with Gasteiger partial charge in [-0.3, -0.25) is 4.79 Å². The maximum atomic E-state index is 11.8. The van der Waals surface area contributed by atoms with Crippen molar-refractivity contribution in [2.45, 2.75) is 19.4 Å². The minimum absolute atomic E-state index is 0.187. The van der Waals surface area contributed by atoms with Gasteiger partial charge in [0, 0.05) is 33.1 Å². The Kier molecular flexibility index (Phi) is 5.13. The summed E-state index contributed by atoms with van der Waals surface area (Å²) >= 11 is 0. The van der Waals surface area contributed by atoms with Gasteiger partial charge >= 0.3 is 11.9 Å². The fourth-order valence-corrected chi connectivity index (χ4v) is 2.12. The molecule has 0 bridgehead atoms. The summed E-state index contributed by atoms with van der Waals surface area (Å²) in [5.41, 5.74) is 0. The van der Waals surface area contributed by atoms with Crippen molar-refractivity contribution in [2.75, 3.05) is 38.7 Å². The zero-order valence-electron chi connectivity index (χ0n) is 13.0. The Bertz CT molecular complexity index is 532. The number of aromatic nitrogens is 2. The molecule has 0 radical (unpaired) electrons. The lowest BCUT2D eigenvalue weighted by atomic mass is 10.3. The molecule has 1 amide bonds. The molecule has 8 heteroatoms. The van der Waals surface area contributed by atoms with E-state index in [0.29, 0.717) is 25.4 Å². The van der Waals surface area contributed by atoms with E-state index in [9.17, 15) is 9.59 Å². The second-order valence-electron chi connectivity index (χ2n) is 5.12. The van der Waals surface area contributed by atoms with E-state index in [1.807, 2.05) is 19.0 Å². The zero-order valence-corrected chi connectivity index (χ0v) is 13.0. The van der Waals surface area contributed by atoms with Gasteiger partial charge in [0.05, 0.1) is 13.2 Å². The molecule has 1 atom stereocenters. The highest BCUT2D eigenvalue weighted by Gasteiger charge is 2.32. The fraction of sp³-hybridized carbons (Fsp3) is 0.571. The third-order valence-corrected chi connectivity index (χ3v) is 3.25. The number of amides is 1. The first-order chi connectivity index (χ1) is 10.5.